The number of thioether (sulfide) groups is 1. The van der Waals surface area contributed by atoms with Crippen LogP contribution in [0.2, 0.25) is 0 Å². The van der Waals surface area contributed by atoms with E-state index < -0.39 is 11.5 Å². The molecule has 0 aliphatic heterocycles. The molecule has 0 radical (unpaired) electrons. The molecule has 2 aromatic rings. The summed E-state index contributed by atoms with van der Waals surface area (Å²) in [6.45, 7) is 4.45. The predicted molar refractivity (Wildman–Crippen MR) is 95.8 cm³/mol. The van der Waals surface area contributed by atoms with E-state index in [1.54, 1.807) is 24.3 Å². The van der Waals surface area contributed by atoms with E-state index in [1.807, 2.05) is 13.8 Å². The molecular formula is C16H20N4O3S. The zero-order chi connectivity index (χ0) is 17.5. The maximum absolute atomic E-state index is 12.3. The average molecular weight is 348 g/mol. The zero-order valence-electron chi connectivity index (χ0n) is 13.6. The molecule has 7 nitrogen and oxygen atoms in total. The van der Waals surface area contributed by atoms with Crippen LogP contribution in [0.4, 0.5) is 11.5 Å². The highest BCUT2D eigenvalue weighted by atomic mass is 32.2. The Morgan fingerprint density at radius 3 is 2.62 bits per heavy atom. The Morgan fingerprint density at radius 2 is 2.04 bits per heavy atom. The van der Waals surface area contributed by atoms with E-state index in [9.17, 15) is 9.59 Å². The molecule has 24 heavy (non-hydrogen) atoms. The molecule has 1 amide bonds. The molecule has 4 N–H and O–H groups in total. The number of aromatic amines is 1. The molecule has 1 heterocycles. The molecule has 0 bridgehead atoms. The lowest BCUT2D eigenvalue weighted by atomic mass is 10.2. The Morgan fingerprint density at radius 1 is 1.33 bits per heavy atom. The van der Waals surface area contributed by atoms with E-state index in [2.05, 4.69) is 15.3 Å². The maximum Gasteiger partial charge on any atom is 0.277 e. The molecule has 0 saturated heterocycles. The second-order valence-corrected chi connectivity index (χ2v) is 5.97. The van der Waals surface area contributed by atoms with Crippen molar-refractivity contribution in [3.8, 4) is 5.75 Å². The minimum absolute atomic E-state index is 0.00311. The minimum atomic E-state index is -0.472. The Hall–Kier alpha value is -2.48. The van der Waals surface area contributed by atoms with Crippen LogP contribution in [0.15, 0.2) is 34.2 Å². The van der Waals surface area contributed by atoms with Crippen molar-refractivity contribution in [3.05, 3.63) is 40.2 Å². The van der Waals surface area contributed by atoms with Crippen molar-refractivity contribution < 1.29 is 9.53 Å². The molecule has 0 aliphatic rings. The fraction of sp³-hybridized carbons (Fsp3) is 0.312. The van der Waals surface area contributed by atoms with Gasteiger partial charge in [-0.15, -0.1) is 0 Å². The van der Waals surface area contributed by atoms with Crippen molar-refractivity contribution >= 4 is 29.2 Å². The number of anilines is 2. The molecule has 1 aromatic carbocycles. The molecule has 0 atom stereocenters. The molecule has 0 fully saturated rings. The molecule has 8 heteroatoms. The second-order valence-electron chi connectivity index (χ2n) is 4.89. The van der Waals surface area contributed by atoms with Crippen molar-refractivity contribution in [1.29, 1.82) is 0 Å². The number of carbonyl (C=O) groups is 1. The first-order valence-electron chi connectivity index (χ1n) is 7.62. The van der Waals surface area contributed by atoms with Gasteiger partial charge in [0.2, 0.25) is 0 Å². The SMILES string of the molecule is CCCSc1nc(N)c(NC(=O)c2ccc(OCC)cc2)c(=O)[nH]1. The zero-order valence-corrected chi connectivity index (χ0v) is 14.4. The number of hydrogen-bond donors (Lipinski definition) is 3. The van der Waals surface area contributed by atoms with Crippen LogP contribution in [0.5, 0.6) is 5.75 Å². The van der Waals surface area contributed by atoms with E-state index in [4.69, 9.17) is 10.5 Å². The summed E-state index contributed by atoms with van der Waals surface area (Å²) < 4.78 is 5.32. The number of benzene rings is 1. The van der Waals surface area contributed by atoms with Gasteiger partial charge in [0.15, 0.2) is 11.0 Å². The average Bonchev–Trinajstić information content (AvgIpc) is 2.57. The fourth-order valence-electron chi connectivity index (χ4n) is 1.91. The first kappa shape index (κ1) is 17.9. The monoisotopic (exact) mass is 348 g/mol. The highest BCUT2D eigenvalue weighted by molar-refractivity contribution is 7.99. The van der Waals surface area contributed by atoms with Crippen LogP contribution >= 0.6 is 11.8 Å². The molecule has 2 rings (SSSR count). The van der Waals surface area contributed by atoms with Gasteiger partial charge >= 0.3 is 0 Å². The van der Waals surface area contributed by atoms with Gasteiger partial charge in [-0.1, -0.05) is 18.7 Å². The third-order valence-corrected chi connectivity index (χ3v) is 4.11. The van der Waals surface area contributed by atoms with Crippen LogP contribution in [-0.4, -0.2) is 28.2 Å². The third-order valence-electron chi connectivity index (χ3n) is 3.03. The van der Waals surface area contributed by atoms with Crippen LogP contribution in [0.3, 0.4) is 0 Å². The minimum Gasteiger partial charge on any atom is -0.494 e. The lowest BCUT2D eigenvalue weighted by Crippen LogP contribution is -2.23. The number of rotatable bonds is 7. The van der Waals surface area contributed by atoms with Gasteiger partial charge in [-0.05, 0) is 37.6 Å². The number of hydrogen-bond acceptors (Lipinski definition) is 6. The summed E-state index contributed by atoms with van der Waals surface area (Å²) in [6, 6.07) is 6.61. The standard InChI is InChI=1S/C16H20N4O3S/c1-3-9-24-16-19-13(17)12(15(22)20-16)18-14(21)10-5-7-11(8-6-10)23-4-2/h5-8H,3-4,9H2,1-2H3,(H,18,21)(H3,17,19,20,22). The molecule has 0 spiro atoms. The summed E-state index contributed by atoms with van der Waals surface area (Å²) in [5.41, 5.74) is 5.68. The molecule has 0 saturated carbocycles. The number of nitrogens with two attached hydrogens (primary N) is 1. The summed E-state index contributed by atoms with van der Waals surface area (Å²) >= 11 is 1.41. The van der Waals surface area contributed by atoms with Gasteiger partial charge in [0.25, 0.3) is 11.5 Å². The van der Waals surface area contributed by atoms with Crippen molar-refractivity contribution in [1.82, 2.24) is 9.97 Å². The summed E-state index contributed by atoms with van der Waals surface area (Å²) in [5.74, 6) is 1.05. The van der Waals surface area contributed by atoms with Crippen LogP contribution in [0.25, 0.3) is 0 Å². The Labute approximate surface area is 144 Å². The van der Waals surface area contributed by atoms with E-state index in [0.717, 1.165) is 12.2 Å². The number of aromatic nitrogens is 2. The number of H-pyrrole nitrogens is 1. The van der Waals surface area contributed by atoms with Crippen LogP contribution in [0, 0.1) is 0 Å². The van der Waals surface area contributed by atoms with E-state index >= 15 is 0 Å². The van der Waals surface area contributed by atoms with Crippen LogP contribution in [-0.2, 0) is 0 Å². The maximum atomic E-state index is 12.3. The summed E-state index contributed by atoms with van der Waals surface area (Å²) in [5, 5.41) is 2.95. The van der Waals surface area contributed by atoms with Gasteiger partial charge in [0, 0.05) is 11.3 Å². The van der Waals surface area contributed by atoms with Gasteiger partial charge < -0.3 is 15.8 Å². The van der Waals surface area contributed by atoms with Crippen molar-refractivity contribution in [2.75, 3.05) is 23.4 Å². The number of amides is 1. The predicted octanol–water partition coefficient (Wildman–Crippen LogP) is 2.51. The summed E-state index contributed by atoms with van der Waals surface area (Å²) in [7, 11) is 0. The van der Waals surface area contributed by atoms with Gasteiger partial charge in [-0.3, -0.25) is 14.6 Å². The van der Waals surface area contributed by atoms with E-state index in [1.165, 1.54) is 11.8 Å². The lowest BCUT2D eigenvalue weighted by Gasteiger charge is -2.09. The van der Waals surface area contributed by atoms with Crippen LogP contribution in [0.1, 0.15) is 30.6 Å². The normalized spacial score (nSPS) is 10.4. The summed E-state index contributed by atoms with van der Waals surface area (Å²) in [4.78, 5) is 31.1. The number of ether oxygens (including phenoxy) is 1. The first-order valence-corrected chi connectivity index (χ1v) is 8.60. The van der Waals surface area contributed by atoms with Gasteiger partial charge in [-0.25, -0.2) is 4.98 Å². The van der Waals surface area contributed by atoms with Crippen molar-refractivity contribution in [2.45, 2.75) is 25.4 Å². The number of nitrogens with one attached hydrogen (secondary N) is 2. The Balaban J connectivity index is 2.15. The number of carbonyl (C=O) groups excluding carboxylic acids is 1. The largest absolute Gasteiger partial charge is 0.494 e. The Kier molecular flexibility index (Phi) is 6.25. The van der Waals surface area contributed by atoms with Gasteiger partial charge in [0.05, 0.1) is 6.61 Å². The second kappa shape index (κ2) is 8.39. The van der Waals surface area contributed by atoms with E-state index in [0.29, 0.717) is 23.1 Å². The van der Waals surface area contributed by atoms with Gasteiger partial charge in [0.1, 0.15) is 11.4 Å². The molecule has 0 unspecified atom stereocenters. The van der Waals surface area contributed by atoms with Gasteiger partial charge in [-0.2, -0.15) is 0 Å². The number of nitrogen functional groups attached to an aromatic ring is 1. The highest BCUT2D eigenvalue weighted by Gasteiger charge is 2.14. The molecule has 1 aromatic heterocycles. The van der Waals surface area contributed by atoms with Crippen LogP contribution < -0.4 is 21.3 Å². The third kappa shape index (κ3) is 4.51. The molecule has 128 valence electrons. The summed E-state index contributed by atoms with van der Waals surface area (Å²) in [6.07, 6.45) is 0.949. The Bertz CT molecular complexity index is 759. The van der Waals surface area contributed by atoms with Crippen molar-refractivity contribution in [2.24, 2.45) is 0 Å². The topological polar surface area (TPSA) is 110 Å². The van der Waals surface area contributed by atoms with E-state index in [-0.39, 0.29) is 11.5 Å². The first-order chi connectivity index (χ1) is 11.5. The fourth-order valence-corrected chi connectivity index (χ4v) is 2.64. The van der Waals surface area contributed by atoms with Crippen molar-refractivity contribution in [3.63, 3.8) is 0 Å². The quantitative estimate of drug-likeness (QED) is 0.524. The molecular weight excluding hydrogens is 328 g/mol. The molecule has 0 aliphatic carbocycles. The lowest BCUT2D eigenvalue weighted by molar-refractivity contribution is 0.102. The smallest absolute Gasteiger partial charge is 0.277 e. The number of nitrogens with zero attached hydrogens (tertiary/aromatic N) is 1. The highest BCUT2D eigenvalue weighted by Crippen LogP contribution is 2.18.